The largest absolute Gasteiger partial charge is 0.462 e. The Hall–Kier alpha value is -1.30. The van der Waals surface area contributed by atoms with Crippen molar-refractivity contribution in [3.05, 3.63) is 12.2 Å². The van der Waals surface area contributed by atoms with Gasteiger partial charge in [-0.3, -0.25) is 0 Å². The van der Waals surface area contributed by atoms with Gasteiger partial charge < -0.3 is 4.74 Å². The van der Waals surface area contributed by atoms with E-state index in [2.05, 4.69) is 13.5 Å². The molecular formula is C9H13NO2. The van der Waals surface area contributed by atoms with Crippen LogP contribution in [0.2, 0.25) is 0 Å². The van der Waals surface area contributed by atoms with Gasteiger partial charge in [-0.05, 0) is 6.42 Å². The van der Waals surface area contributed by atoms with E-state index in [4.69, 9.17) is 10.00 Å². The summed E-state index contributed by atoms with van der Waals surface area (Å²) in [6.45, 7) is 5.68. The highest BCUT2D eigenvalue weighted by Gasteiger charge is 2.05. The highest BCUT2D eigenvalue weighted by Crippen LogP contribution is 1.97. The zero-order chi connectivity index (χ0) is 9.40. The summed E-state index contributed by atoms with van der Waals surface area (Å²) in [7, 11) is 0. The van der Waals surface area contributed by atoms with Crippen molar-refractivity contribution < 1.29 is 9.53 Å². The van der Waals surface area contributed by atoms with Crippen LogP contribution in [-0.4, -0.2) is 12.6 Å². The van der Waals surface area contributed by atoms with Crippen molar-refractivity contribution in [2.45, 2.75) is 26.2 Å². The summed E-state index contributed by atoms with van der Waals surface area (Å²) in [4.78, 5) is 10.8. The lowest BCUT2D eigenvalue weighted by molar-refractivity contribution is -0.138. The molecule has 0 aromatic carbocycles. The van der Waals surface area contributed by atoms with Gasteiger partial charge in [0.15, 0.2) is 0 Å². The average Bonchev–Trinajstić information content (AvgIpc) is 2.10. The maximum atomic E-state index is 10.8. The average molecular weight is 167 g/mol. The summed E-state index contributed by atoms with van der Waals surface area (Å²) >= 11 is 0. The number of nitrogens with zero attached hydrogens (tertiary/aromatic N) is 1. The molecule has 0 unspecified atom stereocenters. The fraction of sp³-hybridized carbons (Fsp3) is 0.556. The van der Waals surface area contributed by atoms with Gasteiger partial charge in [-0.1, -0.05) is 26.3 Å². The van der Waals surface area contributed by atoms with Crippen LogP contribution in [0, 0.1) is 11.3 Å². The summed E-state index contributed by atoms with van der Waals surface area (Å²) in [6.07, 6.45) is 2.96. The van der Waals surface area contributed by atoms with E-state index in [0.717, 1.165) is 19.3 Å². The summed E-state index contributed by atoms with van der Waals surface area (Å²) < 4.78 is 4.74. The first-order valence-corrected chi connectivity index (χ1v) is 3.98. The number of carbonyl (C=O) groups is 1. The molecule has 0 bridgehead atoms. The Morgan fingerprint density at radius 1 is 1.58 bits per heavy atom. The third kappa shape index (κ3) is 4.51. The molecule has 0 aromatic heterocycles. The molecule has 66 valence electrons. The van der Waals surface area contributed by atoms with Crippen LogP contribution in [-0.2, 0) is 9.53 Å². The molecule has 0 atom stereocenters. The van der Waals surface area contributed by atoms with Crippen LogP contribution in [0.1, 0.15) is 26.2 Å². The summed E-state index contributed by atoms with van der Waals surface area (Å²) in [5, 5.41) is 8.26. The predicted molar refractivity (Wildman–Crippen MR) is 45.2 cm³/mol. The van der Waals surface area contributed by atoms with E-state index in [9.17, 15) is 4.79 Å². The second kappa shape index (κ2) is 6.41. The van der Waals surface area contributed by atoms with Crippen LogP contribution in [0.25, 0.3) is 0 Å². The van der Waals surface area contributed by atoms with Crippen LogP contribution >= 0.6 is 0 Å². The number of esters is 1. The second-order valence-electron chi connectivity index (χ2n) is 2.43. The molecule has 0 spiro atoms. The number of hydrogen-bond acceptors (Lipinski definition) is 3. The predicted octanol–water partition coefficient (Wildman–Crippen LogP) is 1.80. The van der Waals surface area contributed by atoms with Crippen molar-refractivity contribution in [1.29, 1.82) is 5.26 Å². The van der Waals surface area contributed by atoms with Crippen molar-refractivity contribution in [1.82, 2.24) is 0 Å². The zero-order valence-corrected chi connectivity index (χ0v) is 7.30. The molecule has 0 radical (unpaired) electrons. The van der Waals surface area contributed by atoms with Crippen molar-refractivity contribution in [2.75, 3.05) is 6.61 Å². The topological polar surface area (TPSA) is 50.1 Å². The highest BCUT2D eigenvalue weighted by molar-refractivity contribution is 5.91. The molecule has 12 heavy (non-hydrogen) atoms. The van der Waals surface area contributed by atoms with Crippen LogP contribution < -0.4 is 0 Å². The molecule has 0 aromatic rings. The van der Waals surface area contributed by atoms with Crippen LogP contribution in [0.15, 0.2) is 12.2 Å². The van der Waals surface area contributed by atoms with Gasteiger partial charge in [0.05, 0.1) is 6.61 Å². The molecular weight excluding hydrogens is 154 g/mol. The molecule has 0 saturated carbocycles. The van der Waals surface area contributed by atoms with Crippen molar-refractivity contribution >= 4 is 5.97 Å². The van der Waals surface area contributed by atoms with Gasteiger partial charge in [0.25, 0.3) is 0 Å². The Morgan fingerprint density at radius 3 is 2.75 bits per heavy atom. The maximum Gasteiger partial charge on any atom is 0.348 e. The van der Waals surface area contributed by atoms with E-state index in [1.165, 1.54) is 0 Å². The molecule has 0 aliphatic carbocycles. The van der Waals surface area contributed by atoms with Gasteiger partial charge in [-0.2, -0.15) is 5.26 Å². The Bertz CT molecular complexity index is 203. The fourth-order valence-electron chi connectivity index (χ4n) is 0.650. The second-order valence-corrected chi connectivity index (χ2v) is 2.43. The normalized spacial score (nSPS) is 8.67. The minimum Gasteiger partial charge on any atom is -0.462 e. The van der Waals surface area contributed by atoms with E-state index in [1.54, 1.807) is 6.07 Å². The Labute approximate surface area is 72.6 Å². The molecule has 0 rings (SSSR count). The van der Waals surface area contributed by atoms with Gasteiger partial charge in [-0.25, -0.2) is 4.79 Å². The van der Waals surface area contributed by atoms with Crippen LogP contribution in [0.3, 0.4) is 0 Å². The molecule has 3 heteroatoms. The summed E-state index contributed by atoms with van der Waals surface area (Å²) in [6, 6.07) is 1.64. The van der Waals surface area contributed by atoms with Crippen molar-refractivity contribution in [3.8, 4) is 6.07 Å². The quantitative estimate of drug-likeness (QED) is 0.271. The van der Waals surface area contributed by atoms with Crippen LogP contribution in [0.4, 0.5) is 0 Å². The minimum atomic E-state index is -0.603. The molecule has 3 nitrogen and oxygen atoms in total. The van der Waals surface area contributed by atoms with Gasteiger partial charge >= 0.3 is 5.97 Å². The third-order valence-corrected chi connectivity index (χ3v) is 1.36. The van der Waals surface area contributed by atoms with E-state index in [-0.39, 0.29) is 5.57 Å². The monoisotopic (exact) mass is 167 g/mol. The smallest absolute Gasteiger partial charge is 0.348 e. The number of hydrogen-bond donors (Lipinski definition) is 0. The number of unbranched alkanes of at least 4 members (excludes halogenated alkanes) is 2. The molecule has 0 fully saturated rings. The van der Waals surface area contributed by atoms with Crippen molar-refractivity contribution in [2.24, 2.45) is 0 Å². The first-order valence-electron chi connectivity index (χ1n) is 3.98. The fourth-order valence-corrected chi connectivity index (χ4v) is 0.650. The first kappa shape index (κ1) is 10.7. The van der Waals surface area contributed by atoms with E-state index < -0.39 is 5.97 Å². The van der Waals surface area contributed by atoms with Crippen LogP contribution in [0.5, 0.6) is 0 Å². The Morgan fingerprint density at radius 2 is 2.25 bits per heavy atom. The molecule has 0 heterocycles. The SMILES string of the molecule is C=C(C#N)C(=O)OCCCCC. The van der Waals surface area contributed by atoms with Gasteiger partial charge in [0, 0.05) is 0 Å². The molecule has 0 saturated heterocycles. The van der Waals surface area contributed by atoms with Gasteiger partial charge in [-0.15, -0.1) is 0 Å². The number of carbonyl (C=O) groups excluding carboxylic acids is 1. The molecule has 0 amide bonds. The Kier molecular flexibility index (Phi) is 5.72. The number of rotatable bonds is 5. The lowest BCUT2D eigenvalue weighted by atomic mass is 10.3. The van der Waals surface area contributed by atoms with Gasteiger partial charge in [0.2, 0.25) is 0 Å². The first-order chi connectivity index (χ1) is 5.72. The minimum absolute atomic E-state index is 0.133. The summed E-state index contributed by atoms with van der Waals surface area (Å²) in [5.74, 6) is -0.603. The lowest BCUT2D eigenvalue weighted by Gasteiger charge is -2.00. The summed E-state index contributed by atoms with van der Waals surface area (Å²) in [5.41, 5.74) is -0.133. The number of nitriles is 1. The molecule has 0 aliphatic heterocycles. The molecule has 0 aliphatic rings. The van der Waals surface area contributed by atoms with Crippen molar-refractivity contribution in [3.63, 3.8) is 0 Å². The van der Waals surface area contributed by atoms with E-state index in [1.807, 2.05) is 0 Å². The zero-order valence-electron chi connectivity index (χ0n) is 7.30. The van der Waals surface area contributed by atoms with Gasteiger partial charge in [0.1, 0.15) is 11.6 Å². The number of ether oxygens (including phenoxy) is 1. The van der Waals surface area contributed by atoms with E-state index >= 15 is 0 Å². The lowest BCUT2D eigenvalue weighted by Crippen LogP contribution is -2.06. The maximum absolute atomic E-state index is 10.8. The highest BCUT2D eigenvalue weighted by atomic mass is 16.5. The Balaban J connectivity index is 3.46. The molecule has 0 N–H and O–H groups in total. The van der Waals surface area contributed by atoms with E-state index in [0.29, 0.717) is 6.61 Å². The third-order valence-electron chi connectivity index (χ3n) is 1.36. The standard InChI is InChI=1S/C9H13NO2/c1-3-4-5-6-12-9(11)8(2)7-10/h2-6H2,1H3.